The van der Waals surface area contributed by atoms with Gasteiger partial charge in [-0.1, -0.05) is 6.92 Å². The van der Waals surface area contributed by atoms with E-state index in [1.807, 2.05) is 31.3 Å². The second-order valence-electron chi connectivity index (χ2n) is 4.00. The Labute approximate surface area is 103 Å². The fourth-order valence-corrected chi connectivity index (χ4v) is 1.53. The summed E-state index contributed by atoms with van der Waals surface area (Å²) in [6.45, 7) is 3.67. The Hall–Kier alpha value is -1.35. The number of carbonyl (C=O) groups is 1. The third-order valence-electron chi connectivity index (χ3n) is 2.48. The summed E-state index contributed by atoms with van der Waals surface area (Å²) in [5.74, 6) is 1.03. The number of hydrogen-bond donors (Lipinski definition) is 1. The smallest absolute Gasteiger partial charge is 0.162 e. The van der Waals surface area contributed by atoms with Gasteiger partial charge in [-0.15, -0.1) is 0 Å². The molecule has 1 aromatic rings. The maximum atomic E-state index is 11.8. The fraction of sp³-hybridized carbons (Fsp3) is 0.500. The lowest BCUT2D eigenvalue weighted by Crippen LogP contribution is -2.10. The van der Waals surface area contributed by atoms with Gasteiger partial charge in [-0.25, -0.2) is 0 Å². The van der Waals surface area contributed by atoms with Crippen LogP contribution in [0.25, 0.3) is 0 Å². The molecule has 0 spiro atoms. The van der Waals surface area contributed by atoms with Crippen molar-refractivity contribution >= 4 is 5.78 Å². The van der Waals surface area contributed by atoms with Crippen LogP contribution in [0.5, 0.6) is 5.75 Å². The first kappa shape index (κ1) is 13.7. The van der Waals surface area contributed by atoms with Crippen molar-refractivity contribution in [1.29, 1.82) is 0 Å². The van der Waals surface area contributed by atoms with E-state index in [9.17, 15) is 4.79 Å². The van der Waals surface area contributed by atoms with E-state index in [1.54, 1.807) is 0 Å². The number of ether oxygens (including phenoxy) is 1. The van der Waals surface area contributed by atoms with Gasteiger partial charge in [0.1, 0.15) is 5.75 Å². The van der Waals surface area contributed by atoms with Crippen LogP contribution >= 0.6 is 0 Å². The molecule has 0 fully saturated rings. The minimum atomic E-state index is 0.197. The first-order valence-electron chi connectivity index (χ1n) is 6.18. The third-order valence-corrected chi connectivity index (χ3v) is 2.48. The van der Waals surface area contributed by atoms with Crippen molar-refractivity contribution in [1.82, 2.24) is 5.32 Å². The van der Waals surface area contributed by atoms with Crippen LogP contribution in [0, 0.1) is 0 Å². The first-order valence-corrected chi connectivity index (χ1v) is 6.18. The molecule has 1 rings (SSSR count). The van der Waals surface area contributed by atoms with Gasteiger partial charge in [0.15, 0.2) is 5.78 Å². The van der Waals surface area contributed by atoms with E-state index < -0.39 is 0 Å². The maximum absolute atomic E-state index is 11.8. The van der Waals surface area contributed by atoms with Gasteiger partial charge in [0, 0.05) is 12.0 Å². The summed E-state index contributed by atoms with van der Waals surface area (Å²) < 4.78 is 5.47. The zero-order chi connectivity index (χ0) is 12.5. The van der Waals surface area contributed by atoms with Crippen LogP contribution in [-0.4, -0.2) is 26.0 Å². The van der Waals surface area contributed by atoms with Crippen LogP contribution in [0.15, 0.2) is 24.3 Å². The Balaban J connectivity index is 2.46. The van der Waals surface area contributed by atoms with Gasteiger partial charge in [-0.2, -0.15) is 0 Å². The van der Waals surface area contributed by atoms with Gasteiger partial charge in [0.25, 0.3) is 0 Å². The van der Waals surface area contributed by atoms with Crippen LogP contribution < -0.4 is 10.1 Å². The van der Waals surface area contributed by atoms with Gasteiger partial charge in [-0.3, -0.25) is 4.79 Å². The molecule has 0 atom stereocenters. The van der Waals surface area contributed by atoms with E-state index in [0.29, 0.717) is 6.42 Å². The van der Waals surface area contributed by atoms with Crippen molar-refractivity contribution in [2.75, 3.05) is 20.2 Å². The predicted octanol–water partition coefficient (Wildman–Crippen LogP) is 2.66. The number of Topliss-reactive ketones (excluding diaryl/α,β-unsaturated/α-hetero) is 1. The molecule has 0 aliphatic rings. The highest BCUT2D eigenvalue weighted by Gasteiger charge is 2.05. The Kier molecular flexibility index (Phi) is 6.33. The van der Waals surface area contributed by atoms with Gasteiger partial charge in [0.05, 0.1) is 6.61 Å². The second kappa shape index (κ2) is 7.85. The number of benzene rings is 1. The lowest BCUT2D eigenvalue weighted by atomic mass is 10.1. The molecular weight excluding hydrogens is 214 g/mol. The van der Waals surface area contributed by atoms with Gasteiger partial charge in [-0.05, 0) is 50.7 Å². The van der Waals surface area contributed by atoms with Gasteiger partial charge >= 0.3 is 0 Å². The summed E-state index contributed by atoms with van der Waals surface area (Å²) in [5.41, 5.74) is 0.768. The summed E-state index contributed by atoms with van der Waals surface area (Å²) in [6.07, 6.45) is 2.46. The molecule has 3 nitrogen and oxygen atoms in total. The molecule has 0 heterocycles. The minimum absolute atomic E-state index is 0.197. The number of rotatable bonds is 8. The SMILES string of the molecule is CCCOc1ccc(C(=O)CCCNC)cc1. The summed E-state index contributed by atoms with van der Waals surface area (Å²) in [4.78, 5) is 11.8. The van der Waals surface area contributed by atoms with Crippen molar-refractivity contribution in [2.45, 2.75) is 26.2 Å². The van der Waals surface area contributed by atoms with E-state index in [2.05, 4.69) is 12.2 Å². The monoisotopic (exact) mass is 235 g/mol. The van der Waals surface area contributed by atoms with E-state index in [1.165, 1.54) is 0 Å². The van der Waals surface area contributed by atoms with Crippen molar-refractivity contribution < 1.29 is 9.53 Å². The van der Waals surface area contributed by atoms with Crippen molar-refractivity contribution in [3.8, 4) is 5.75 Å². The molecule has 0 aliphatic carbocycles. The van der Waals surface area contributed by atoms with Crippen LogP contribution in [0.4, 0.5) is 0 Å². The highest BCUT2D eigenvalue weighted by atomic mass is 16.5. The van der Waals surface area contributed by atoms with Crippen LogP contribution in [0.1, 0.15) is 36.5 Å². The zero-order valence-electron chi connectivity index (χ0n) is 10.7. The summed E-state index contributed by atoms with van der Waals surface area (Å²) in [7, 11) is 1.89. The van der Waals surface area contributed by atoms with Crippen LogP contribution in [0.2, 0.25) is 0 Å². The summed E-state index contributed by atoms with van der Waals surface area (Å²) in [5, 5.41) is 3.03. The molecule has 0 amide bonds. The molecule has 1 aromatic carbocycles. The van der Waals surface area contributed by atoms with E-state index >= 15 is 0 Å². The zero-order valence-corrected chi connectivity index (χ0v) is 10.7. The third kappa shape index (κ3) is 5.00. The quantitative estimate of drug-likeness (QED) is 0.556. The number of carbonyl (C=O) groups excluding carboxylic acids is 1. The molecule has 0 aromatic heterocycles. The molecule has 1 N–H and O–H groups in total. The standard InChI is InChI=1S/C14H21NO2/c1-3-11-17-13-8-6-12(7-9-13)14(16)5-4-10-15-2/h6-9,15H,3-5,10-11H2,1-2H3. The second-order valence-corrected chi connectivity index (χ2v) is 4.00. The average Bonchev–Trinajstić information content (AvgIpc) is 2.37. The molecule has 3 heteroatoms. The van der Waals surface area contributed by atoms with Crippen molar-refractivity contribution in [2.24, 2.45) is 0 Å². The van der Waals surface area contributed by atoms with E-state index in [0.717, 1.165) is 37.3 Å². The van der Waals surface area contributed by atoms with Crippen molar-refractivity contribution in [3.05, 3.63) is 29.8 Å². The lowest BCUT2D eigenvalue weighted by molar-refractivity contribution is 0.0980. The molecule has 0 radical (unpaired) electrons. The first-order chi connectivity index (χ1) is 8.27. The topological polar surface area (TPSA) is 38.3 Å². The van der Waals surface area contributed by atoms with Crippen LogP contribution in [0.3, 0.4) is 0 Å². The molecule has 0 saturated heterocycles. The summed E-state index contributed by atoms with van der Waals surface area (Å²) in [6, 6.07) is 7.40. The average molecular weight is 235 g/mol. The molecule has 0 saturated carbocycles. The molecule has 0 unspecified atom stereocenters. The number of ketones is 1. The van der Waals surface area contributed by atoms with E-state index in [4.69, 9.17) is 4.74 Å². The molecule has 94 valence electrons. The summed E-state index contributed by atoms with van der Waals surface area (Å²) >= 11 is 0. The molecule has 17 heavy (non-hydrogen) atoms. The Bertz CT molecular complexity index is 333. The number of hydrogen-bond acceptors (Lipinski definition) is 3. The van der Waals surface area contributed by atoms with Gasteiger partial charge in [0.2, 0.25) is 0 Å². The van der Waals surface area contributed by atoms with Gasteiger partial charge < -0.3 is 10.1 Å². The minimum Gasteiger partial charge on any atom is -0.494 e. The number of nitrogens with one attached hydrogen (secondary N) is 1. The highest BCUT2D eigenvalue weighted by Crippen LogP contribution is 2.14. The Morgan fingerprint density at radius 2 is 2.00 bits per heavy atom. The normalized spacial score (nSPS) is 10.2. The lowest BCUT2D eigenvalue weighted by Gasteiger charge is -2.05. The maximum Gasteiger partial charge on any atom is 0.162 e. The highest BCUT2D eigenvalue weighted by molar-refractivity contribution is 5.96. The Morgan fingerprint density at radius 1 is 1.29 bits per heavy atom. The fourth-order valence-electron chi connectivity index (χ4n) is 1.53. The largest absolute Gasteiger partial charge is 0.494 e. The predicted molar refractivity (Wildman–Crippen MR) is 69.7 cm³/mol. The molecular formula is C14H21NO2. The van der Waals surface area contributed by atoms with Crippen molar-refractivity contribution in [3.63, 3.8) is 0 Å². The Morgan fingerprint density at radius 3 is 2.59 bits per heavy atom. The molecule has 0 aliphatic heterocycles. The molecule has 0 bridgehead atoms. The van der Waals surface area contributed by atoms with Crippen LogP contribution in [-0.2, 0) is 0 Å². The van der Waals surface area contributed by atoms with E-state index in [-0.39, 0.29) is 5.78 Å².